The fourth-order valence-corrected chi connectivity index (χ4v) is 11.3. The first-order chi connectivity index (χ1) is 20.3. The van der Waals surface area contributed by atoms with Gasteiger partial charge in [-0.05, 0) is 162 Å². The van der Waals surface area contributed by atoms with Gasteiger partial charge in [-0.25, -0.2) is 4.18 Å². The standard InChI is InChI=1S/C34H65N3O5S/c1-23(2)31(42-43(39,40)41)12-9-24(3)27-10-11-28-32-29(14-16-34(27,28)5)33(4)15-13-26(21-25(33)22-30(32)38)37-20-8-19-36-18-7-6-17-35/h23-32,36-38H,6-22,35H2,1-5H3,(H,39,40,41)/t24?,25-,26+,27?,28?,29?,30-,31-,32?,33+,34-/m1/s1. The van der Waals surface area contributed by atoms with Crippen molar-refractivity contribution in [1.29, 1.82) is 0 Å². The van der Waals surface area contributed by atoms with Crippen molar-refractivity contribution < 1.29 is 22.3 Å². The molecule has 0 amide bonds. The zero-order valence-electron chi connectivity index (χ0n) is 27.9. The highest BCUT2D eigenvalue weighted by Crippen LogP contribution is 2.68. The highest BCUT2D eigenvalue weighted by atomic mass is 32.3. The molecule has 0 radical (unpaired) electrons. The van der Waals surface area contributed by atoms with Crippen LogP contribution in [-0.2, 0) is 14.6 Å². The highest BCUT2D eigenvalue weighted by Gasteiger charge is 2.62. The van der Waals surface area contributed by atoms with E-state index < -0.39 is 16.5 Å². The van der Waals surface area contributed by atoms with Gasteiger partial charge in [-0.3, -0.25) is 4.55 Å². The fourth-order valence-electron chi connectivity index (χ4n) is 10.7. The summed E-state index contributed by atoms with van der Waals surface area (Å²) in [4.78, 5) is 0. The number of aliphatic hydroxyl groups is 1. The monoisotopic (exact) mass is 627 g/mol. The Labute approximate surface area is 263 Å². The first-order valence-electron chi connectivity index (χ1n) is 17.8. The molecule has 0 bridgehead atoms. The lowest BCUT2D eigenvalue weighted by molar-refractivity contribution is -0.167. The van der Waals surface area contributed by atoms with Crippen LogP contribution in [0.4, 0.5) is 0 Å². The minimum atomic E-state index is -4.45. The molecule has 0 spiro atoms. The molecule has 0 aromatic rings. The molecule has 9 heteroatoms. The molecular formula is C34H65N3O5S. The second-order valence-corrected chi connectivity index (χ2v) is 17.0. The van der Waals surface area contributed by atoms with Crippen LogP contribution in [-0.4, -0.2) is 62.5 Å². The lowest BCUT2D eigenvalue weighted by atomic mass is 9.43. The molecule has 5 unspecified atom stereocenters. The Morgan fingerprint density at radius 3 is 2.30 bits per heavy atom. The van der Waals surface area contributed by atoms with Crippen LogP contribution in [0.3, 0.4) is 0 Å². The van der Waals surface area contributed by atoms with Gasteiger partial charge in [0.25, 0.3) is 0 Å². The van der Waals surface area contributed by atoms with E-state index in [2.05, 4.69) is 31.4 Å². The van der Waals surface area contributed by atoms with E-state index >= 15 is 0 Å². The van der Waals surface area contributed by atoms with Crippen LogP contribution in [0, 0.1) is 52.3 Å². The van der Waals surface area contributed by atoms with Gasteiger partial charge in [-0.1, -0.05) is 34.6 Å². The number of nitrogens with two attached hydrogens (primary N) is 1. The summed E-state index contributed by atoms with van der Waals surface area (Å²) in [6.07, 6.45) is 13.7. The van der Waals surface area contributed by atoms with Crippen molar-refractivity contribution in [2.75, 3.05) is 26.2 Å². The third-order valence-corrected chi connectivity index (χ3v) is 13.6. The van der Waals surface area contributed by atoms with Crippen molar-refractivity contribution in [3.8, 4) is 0 Å². The molecule has 0 aromatic heterocycles. The van der Waals surface area contributed by atoms with Crippen LogP contribution >= 0.6 is 0 Å². The molecule has 0 aliphatic heterocycles. The van der Waals surface area contributed by atoms with Gasteiger partial charge in [0, 0.05) is 6.04 Å². The number of unbranched alkanes of at least 4 members (excludes halogenated alkanes) is 1. The Morgan fingerprint density at radius 1 is 0.907 bits per heavy atom. The third-order valence-electron chi connectivity index (χ3n) is 13.1. The second kappa shape index (κ2) is 15.1. The van der Waals surface area contributed by atoms with E-state index in [0.717, 1.165) is 58.3 Å². The molecule has 4 aliphatic rings. The van der Waals surface area contributed by atoms with Crippen LogP contribution in [0.25, 0.3) is 0 Å². The van der Waals surface area contributed by atoms with Crippen LogP contribution in [0.5, 0.6) is 0 Å². The summed E-state index contributed by atoms with van der Waals surface area (Å²) >= 11 is 0. The van der Waals surface area contributed by atoms with Gasteiger partial charge in [0.1, 0.15) is 0 Å². The van der Waals surface area contributed by atoms with Crippen LogP contribution in [0.2, 0.25) is 0 Å². The molecule has 43 heavy (non-hydrogen) atoms. The molecule has 252 valence electrons. The van der Waals surface area contributed by atoms with E-state index in [1.54, 1.807) is 0 Å². The lowest BCUT2D eigenvalue weighted by Crippen LogP contribution is -2.59. The Balaban J connectivity index is 1.32. The normalized spacial score (nSPS) is 39.2. The molecule has 4 aliphatic carbocycles. The van der Waals surface area contributed by atoms with Gasteiger partial charge < -0.3 is 21.5 Å². The maximum Gasteiger partial charge on any atom is 0.397 e. The van der Waals surface area contributed by atoms with E-state index in [1.807, 2.05) is 13.8 Å². The molecule has 11 atom stereocenters. The summed E-state index contributed by atoms with van der Waals surface area (Å²) < 4.78 is 37.1. The van der Waals surface area contributed by atoms with Gasteiger partial charge in [0.2, 0.25) is 0 Å². The lowest BCUT2D eigenvalue weighted by Gasteiger charge is -2.62. The van der Waals surface area contributed by atoms with Crippen molar-refractivity contribution in [3.05, 3.63) is 0 Å². The number of hydrogen-bond acceptors (Lipinski definition) is 7. The maximum atomic E-state index is 11.8. The number of aliphatic hydroxyl groups excluding tert-OH is 1. The summed E-state index contributed by atoms with van der Waals surface area (Å²) in [6, 6.07) is 0.573. The number of nitrogens with one attached hydrogen (secondary N) is 2. The Bertz CT molecular complexity index is 981. The Kier molecular flexibility index (Phi) is 12.5. The number of rotatable bonds is 16. The van der Waals surface area contributed by atoms with Gasteiger partial charge in [-0.15, -0.1) is 0 Å². The van der Waals surface area contributed by atoms with Crippen molar-refractivity contribution in [3.63, 3.8) is 0 Å². The average molecular weight is 628 g/mol. The third kappa shape index (κ3) is 8.36. The van der Waals surface area contributed by atoms with E-state index in [9.17, 15) is 18.1 Å². The SMILES string of the molecule is CC(CC[C@@H](OS(=O)(=O)O)C(C)C)C1CCC2C3C(CC[C@]12C)[C@@]1(C)CC[C@H](NCCCNCCCCN)C[C@@H]1C[C@H]3O. The van der Waals surface area contributed by atoms with E-state index in [4.69, 9.17) is 9.92 Å². The van der Waals surface area contributed by atoms with E-state index in [0.29, 0.717) is 53.4 Å². The molecule has 6 N–H and O–H groups in total. The summed E-state index contributed by atoms with van der Waals surface area (Å²) in [5.74, 6) is 3.21. The summed E-state index contributed by atoms with van der Waals surface area (Å²) in [5.41, 5.74) is 6.13. The van der Waals surface area contributed by atoms with Gasteiger partial charge in [0.15, 0.2) is 0 Å². The molecular weight excluding hydrogens is 562 g/mol. The van der Waals surface area contributed by atoms with Crippen molar-refractivity contribution in [2.45, 2.75) is 136 Å². The summed E-state index contributed by atoms with van der Waals surface area (Å²) in [7, 11) is -4.45. The molecule has 0 heterocycles. The zero-order valence-corrected chi connectivity index (χ0v) is 28.7. The quantitative estimate of drug-likeness (QED) is 0.111. The predicted octanol–water partition coefficient (Wildman–Crippen LogP) is 5.55. The Hall–Kier alpha value is -0.290. The van der Waals surface area contributed by atoms with Gasteiger partial charge >= 0.3 is 10.4 Å². The van der Waals surface area contributed by atoms with E-state index in [-0.39, 0.29) is 17.4 Å². The molecule has 4 rings (SSSR count). The van der Waals surface area contributed by atoms with E-state index in [1.165, 1.54) is 44.9 Å². The summed E-state index contributed by atoms with van der Waals surface area (Å²) in [6.45, 7) is 15.3. The first-order valence-corrected chi connectivity index (χ1v) is 19.1. The maximum absolute atomic E-state index is 11.8. The molecule has 0 aromatic carbocycles. The Morgan fingerprint density at radius 2 is 1.60 bits per heavy atom. The van der Waals surface area contributed by atoms with Crippen molar-refractivity contribution >= 4 is 10.4 Å². The molecule has 4 fully saturated rings. The molecule has 0 saturated heterocycles. The number of hydrogen-bond donors (Lipinski definition) is 5. The minimum absolute atomic E-state index is 0.0152. The van der Waals surface area contributed by atoms with Gasteiger partial charge in [-0.2, -0.15) is 8.42 Å². The predicted molar refractivity (Wildman–Crippen MR) is 174 cm³/mol. The second-order valence-electron chi connectivity index (χ2n) is 15.9. The van der Waals surface area contributed by atoms with Crippen LogP contribution in [0.1, 0.15) is 118 Å². The van der Waals surface area contributed by atoms with Crippen LogP contribution < -0.4 is 16.4 Å². The minimum Gasteiger partial charge on any atom is -0.393 e. The largest absolute Gasteiger partial charge is 0.397 e. The first kappa shape index (κ1) is 35.6. The average Bonchev–Trinajstić information content (AvgIpc) is 3.29. The van der Waals surface area contributed by atoms with Gasteiger partial charge in [0.05, 0.1) is 12.2 Å². The topological polar surface area (TPSA) is 134 Å². The van der Waals surface area contributed by atoms with Crippen molar-refractivity contribution in [1.82, 2.24) is 10.6 Å². The van der Waals surface area contributed by atoms with Crippen molar-refractivity contribution in [2.24, 2.45) is 58.0 Å². The summed E-state index contributed by atoms with van der Waals surface area (Å²) in [5, 5.41) is 19.2. The highest BCUT2D eigenvalue weighted by molar-refractivity contribution is 7.80. The number of fused-ring (bicyclic) bond motifs is 5. The smallest absolute Gasteiger partial charge is 0.393 e. The fraction of sp³-hybridized carbons (Fsp3) is 1.00. The zero-order chi connectivity index (χ0) is 31.4. The molecule has 8 nitrogen and oxygen atoms in total. The molecule has 4 saturated carbocycles. The van der Waals surface area contributed by atoms with Crippen LogP contribution in [0.15, 0.2) is 0 Å².